The number of rotatable bonds is 6. The van der Waals surface area contributed by atoms with E-state index in [1.54, 1.807) is 0 Å². The van der Waals surface area contributed by atoms with Gasteiger partial charge in [-0.1, -0.05) is 56.3 Å². The normalized spacial score (nSPS) is 13.1. The monoisotopic (exact) mass is 393 g/mol. The molecule has 1 unspecified atom stereocenters. The lowest BCUT2D eigenvalue weighted by atomic mass is 9.69. The van der Waals surface area contributed by atoms with Gasteiger partial charge in [-0.05, 0) is 65.1 Å². The first-order valence-corrected chi connectivity index (χ1v) is 8.75. The third-order valence-corrected chi connectivity index (χ3v) is 5.41. The van der Waals surface area contributed by atoms with Crippen molar-refractivity contribution in [3.8, 4) is 0 Å². The van der Waals surface area contributed by atoms with Crippen LogP contribution in [0.2, 0.25) is 0 Å². The zero-order valence-electron chi connectivity index (χ0n) is 12.9. The number of benzene rings is 2. The minimum Gasteiger partial charge on any atom is -0.327 e. The van der Waals surface area contributed by atoms with Gasteiger partial charge in [0, 0.05) is 15.0 Å². The van der Waals surface area contributed by atoms with Crippen molar-refractivity contribution in [3.05, 3.63) is 69.3 Å². The summed E-state index contributed by atoms with van der Waals surface area (Å²) in [6.45, 7) is 4.51. The van der Waals surface area contributed by atoms with Gasteiger partial charge in [-0.25, -0.2) is 0 Å². The second-order valence-electron chi connectivity index (χ2n) is 5.67. The van der Waals surface area contributed by atoms with Crippen molar-refractivity contribution < 1.29 is 0 Å². The van der Waals surface area contributed by atoms with Gasteiger partial charge >= 0.3 is 0 Å². The average molecular weight is 393 g/mol. The Morgan fingerprint density at radius 2 is 1.52 bits per heavy atom. The predicted molar refractivity (Wildman–Crippen MR) is 99.5 cm³/mol. The van der Waals surface area contributed by atoms with Crippen LogP contribution in [0.4, 0.5) is 0 Å². The molecule has 0 aliphatic carbocycles. The number of nitrogens with two attached hydrogens (primary N) is 1. The lowest BCUT2D eigenvalue weighted by Gasteiger charge is -2.38. The molecule has 112 valence electrons. The Labute approximate surface area is 142 Å². The highest BCUT2D eigenvalue weighted by atomic mass is 127. The second kappa shape index (κ2) is 7.41. The molecule has 0 saturated carbocycles. The van der Waals surface area contributed by atoms with Gasteiger partial charge < -0.3 is 5.73 Å². The molecule has 21 heavy (non-hydrogen) atoms. The molecule has 0 aliphatic rings. The quantitative estimate of drug-likeness (QED) is 0.693. The molecule has 0 aliphatic heterocycles. The van der Waals surface area contributed by atoms with Gasteiger partial charge in [-0.2, -0.15) is 0 Å². The van der Waals surface area contributed by atoms with E-state index in [1.165, 1.54) is 14.7 Å². The van der Waals surface area contributed by atoms with E-state index in [1.807, 2.05) is 0 Å². The van der Waals surface area contributed by atoms with E-state index in [4.69, 9.17) is 5.73 Å². The van der Waals surface area contributed by atoms with E-state index in [9.17, 15) is 0 Å². The van der Waals surface area contributed by atoms with E-state index in [-0.39, 0.29) is 11.5 Å². The Balaban J connectivity index is 2.27. The van der Waals surface area contributed by atoms with E-state index in [0.717, 1.165) is 19.3 Å². The van der Waals surface area contributed by atoms with Crippen molar-refractivity contribution in [2.75, 3.05) is 0 Å². The van der Waals surface area contributed by atoms with Gasteiger partial charge in [0.25, 0.3) is 0 Å². The Bertz CT molecular complexity index is 544. The number of hydrogen-bond acceptors (Lipinski definition) is 1. The molecule has 0 fully saturated rings. The van der Waals surface area contributed by atoms with Crippen LogP contribution in [0.1, 0.15) is 37.8 Å². The summed E-state index contributed by atoms with van der Waals surface area (Å²) in [5.41, 5.74) is 9.43. The molecule has 2 N–H and O–H groups in total. The maximum atomic E-state index is 6.67. The van der Waals surface area contributed by atoms with Crippen LogP contribution in [0.25, 0.3) is 0 Å². The molecule has 2 aromatic rings. The molecule has 0 spiro atoms. The fourth-order valence-electron chi connectivity index (χ4n) is 3.24. The minimum atomic E-state index is 0.0598. The summed E-state index contributed by atoms with van der Waals surface area (Å²) in [5.74, 6) is 0. The molecule has 0 aromatic heterocycles. The molecule has 0 saturated heterocycles. The zero-order valence-corrected chi connectivity index (χ0v) is 15.0. The molecule has 2 rings (SSSR count). The maximum Gasteiger partial charge on any atom is 0.0177 e. The summed E-state index contributed by atoms with van der Waals surface area (Å²) in [7, 11) is 0. The Morgan fingerprint density at radius 3 is 2.05 bits per heavy atom. The zero-order chi connectivity index (χ0) is 15.3. The van der Waals surface area contributed by atoms with Crippen molar-refractivity contribution in [3.63, 3.8) is 0 Å². The third kappa shape index (κ3) is 3.67. The van der Waals surface area contributed by atoms with Crippen molar-refractivity contribution in [2.45, 2.75) is 44.6 Å². The second-order valence-corrected chi connectivity index (χ2v) is 6.91. The summed E-state index contributed by atoms with van der Waals surface area (Å²) in [6.07, 6.45) is 3.06. The summed E-state index contributed by atoms with van der Waals surface area (Å²) < 4.78 is 1.27. The van der Waals surface area contributed by atoms with Crippen LogP contribution in [0.15, 0.2) is 54.6 Å². The minimum absolute atomic E-state index is 0.0598. The molecule has 2 heteroatoms. The molecule has 1 nitrogen and oxygen atoms in total. The van der Waals surface area contributed by atoms with Crippen LogP contribution in [-0.2, 0) is 11.8 Å². The Kier molecular flexibility index (Phi) is 5.82. The summed E-state index contributed by atoms with van der Waals surface area (Å²) in [4.78, 5) is 0. The van der Waals surface area contributed by atoms with Gasteiger partial charge in [0.05, 0.1) is 0 Å². The molecule has 2 aromatic carbocycles. The van der Waals surface area contributed by atoms with Crippen LogP contribution in [0.3, 0.4) is 0 Å². The predicted octanol–water partition coefficient (Wildman–Crippen LogP) is 4.92. The number of halogens is 1. The van der Waals surface area contributed by atoms with Gasteiger partial charge in [-0.3, -0.25) is 0 Å². The first-order chi connectivity index (χ1) is 10.1. The standard InChI is InChI=1S/C19H24IN/c1-3-19(4-2,16-8-6-5-7-9-16)18(21)14-15-10-12-17(20)13-11-15/h5-13,18H,3-4,14,21H2,1-2H3. The highest BCUT2D eigenvalue weighted by Gasteiger charge is 2.34. The molecular formula is C19H24IN. The van der Waals surface area contributed by atoms with Crippen molar-refractivity contribution in [1.29, 1.82) is 0 Å². The summed E-state index contributed by atoms with van der Waals surface area (Å²) >= 11 is 2.34. The first kappa shape index (κ1) is 16.5. The Morgan fingerprint density at radius 1 is 0.952 bits per heavy atom. The van der Waals surface area contributed by atoms with Crippen LogP contribution in [0, 0.1) is 3.57 Å². The van der Waals surface area contributed by atoms with Crippen LogP contribution in [-0.4, -0.2) is 6.04 Å². The van der Waals surface area contributed by atoms with Gasteiger partial charge in [0.2, 0.25) is 0 Å². The first-order valence-electron chi connectivity index (χ1n) is 7.68. The third-order valence-electron chi connectivity index (χ3n) is 4.69. The maximum absolute atomic E-state index is 6.67. The number of hydrogen-bond donors (Lipinski definition) is 1. The van der Waals surface area contributed by atoms with Gasteiger partial charge in [-0.15, -0.1) is 0 Å². The lowest BCUT2D eigenvalue weighted by Crippen LogP contribution is -2.46. The molecular weight excluding hydrogens is 369 g/mol. The van der Waals surface area contributed by atoms with Crippen molar-refractivity contribution in [1.82, 2.24) is 0 Å². The fourth-order valence-corrected chi connectivity index (χ4v) is 3.60. The van der Waals surface area contributed by atoms with Crippen LogP contribution < -0.4 is 5.73 Å². The fraction of sp³-hybridized carbons (Fsp3) is 0.368. The molecule has 1 atom stereocenters. The summed E-state index contributed by atoms with van der Waals surface area (Å²) in [6, 6.07) is 19.6. The molecule has 0 amide bonds. The highest BCUT2D eigenvalue weighted by Crippen LogP contribution is 2.35. The molecule has 0 radical (unpaired) electrons. The van der Waals surface area contributed by atoms with Crippen molar-refractivity contribution in [2.24, 2.45) is 5.73 Å². The van der Waals surface area contributed by atoms with Gasteiger partial charge in [0.1, 0.15) is 0 Å². The van der Waals surface area contributed by atoms with Crippen LogP contribution >= 0.6 is 22.6 Å². The van der Waals surface area contributed by atoms with E-state index in [0.29, 0.717) is 0 Å². The average Bonchev–Trinajstić information content (AvgIpc) is 2.52. The molecule has 0 bridgehead atoms. The van der Waals surface area contributed by atoms with Crippen LogP contribution in [0.5, 0.6) is 0 Å². The molecule has 0 heterocycles. The SMILES string of the molecule is CCC(CC)(c1ccccc1)C(N)Cc1ccc(I)cc1. The van der Waals surface area contributed by atoms with Gasteiger partial charge in [0.15, 0.2) is 0 Å². The largest absolute Gasteiger partial charge is 0.327 e. The smallest absolute Gasteiger partial charge is 0.0177 e. The van der Waals surface area contributed by atoms with E-state index in [2.05, 4.69) is 91.0 Å². The topological polar surface area (TPSA) is 26.0 Å². The van der Waals surface area contributed by atoms with E-state index >= 15 is 0 Å². The van der Waals surface area contributed by atoms with Crippen molar-refractivity contribution >= 4 is 22.6 Å². The summed E-state index contributed by atoms with van der Waals surface area (Å²) in [5, 5.41) is 0. The lowest BCUT2D eigenvalue weighted by molar-refractivity contribution is 0.315. The highest BCUT2D eigenvalue weighted by molar-refractivity contribution is 14.1. The Hall–Kier alpha value is -0.870. The van der Waals surface area contributed by atoms with E-state index < -0.39 is 0 Å².